The van der Waals surface area contributed by atoms with Gasteiger partial charge in [-0.1, -0.05) is 20.8 Å². The molecule has 1 aliphatic heterocycles. The molecule has 0 aromatic heterocycles. The van der Waals surface area contributed by atoms with Gasteiger partial charge < -0.3 is 4.74 Å². The Morgan fingerprint density at radius 2 is 2.15 bits per heavy atom. The lowest BCUT2D eigenvalue weighted by molar-refractivity contribution is -0.136. The number of carbonyl (C=O) groups is 1. The summed E-state index contributed by atoms with van der Waals surface area (Å²) < 4.78 is 5.05. The molecule has 1 unspecified atom stereocenters. The largest absolute Gasteiger partial charge is 0.458 e. The summed E-state index contributed by atoms with van der Waals surface area (Å²) in [6.07, 6.45) is 2.01. The van der Waals surface area contributed by atoms with Crippen LogP contribution >= 0.6 is 0 Å². The van der Waals surface area contributed by atoms with Crippen molar-refractivity contribution in [3.05, 3.63) is 11.1 Å². The molecule has 2 rings (SSSR count). The van der Waals surface area contributed by atoms with E-state index in [0.29, 0.717) is 17.9 Å². The Morgan fingerprint density at radius 1 is 1.46 bits per heavy atom. The topological polar surface area (TPSA) is 26.3 Å². The zero-order valence-electron chi connectivity index (χ0n) is 8.52. The van der Waals surface area contributed by atoms with Gasteiger partial charge in [-0.15, -0.1) is 0 Å². The maximum Gasteiger partial charge on any atom is 0.334 e. The van der Waals surface area contributed by atoms with E-state index in [-0.39, 0.29) is 5.97 Å². The van der Waals surface area contributed by atoms with E-state index in [9.17, 15) is 4.79 Å². The first-order chi connectivity index (χ1) is 6.02. The van der Waals surface area contributed by atoms with Crippen molar-refractivity contribution < 1.29 is 9.53 Å². The van der Waals surface area contributed by atoms with Crippen LogP contribution in [-0.4, -0.2) is 12.6 Å². The molecule has 0 aromatic carbocycles. The second kappa shape index (κ2) is 2.60. The Balaban J connectivity index is 2.36. The van der Waals surface area contributed by atoms with Gasteiger partial charge in [0.2, 0.25) is 0 Å². The van der Waals surface area contributed by atoms with Crippen LogP contribution in [0.15, 0.2) is 11.1 Å². The third-order valence-electron chi connectivity index (χ3n) is 3.71. The highest BCUT2D eigenvalue weighted by atomic mass is 16.5. The van der Waals surface area contributed by atoms with E-state index in [1.54, 1.807) is 0 Å². The monoisotopic (exact) mass is 180 g/mol. The van der Waals surface area contributed by atoms with E-state index in [0.717, 1.165) is 18.4 Å². The number of esters is 1. The summed E-state index contributed by atoms with van der Waals surface area (Å²) in [6.45, 7) is 7.28. The molecule has 1 heterocycles. The van der Waals surface area contributed by atoms with Gasteiger partial charge >= 0.3 is 5.97 Å². The zero-order valence-corrected chi connectivity index (χ0v) is 8.52. The van der Waals surface area contributed by atoms with Crippen LogP contribution in [0.2, 0.25) is 0 Å². The second-order valence-corrected chi connectivity index (χ2v) is 4.79. The van der Waals surface area contributed by atoms with Crippen molar-refractivity contribution in [3.8, 4) is 0 Å². The lowest BCUT2D eigenvalue weighted by Crippen LogP contribution is -2.28. The average molecular weight is 180 g/mol. The smallest absolute Gasteiger partial charge is 0.334 e. The highest BCUT2D eigenvalue weighted by molar-refractivity contribution is 5.92. The maximum absolute atomic E-state index is 11.3. The minimum atomic E-state index is -0.0719. The molecule has 0 radical (unpaired) electrons. The molecule has 0 saturated carbocycles. The predicted octanol–water partition coefficient (Wildman–Crippen LogP) is 2.30. The molecule has 0 fully saturated rings. The van der Waals surface area contributed by atoms with E-state index in [1.807, 2.05) is 0 Å². The number of hydrogen-bond donors (Lipinski definition) is 0. The molecule has 0 aromatic rings. The third-order valence-corrected chi connectivity index (χ3v) is 3.71. The summed E-state index contributed by atoms with van der Waals surface area (Å²) in [5, 5.41) is 0. The van der Waals surface area contributed by atoms with Gasteiger partial charge in [0.25, 0.3) is 0 Å². The van der Waals surface area contributed by atoms with Crippen LogP contribution in [0.4, 0.5) is 0 Å². The molecule has 2 nitrogen and oxygen atoms in total. The van der Waals surface area contributed by atoms with Gasteiger partial charge in [0.1, 0.15) is 6.61 Å². The van der Waals surface area contributed by atoms with Gasteiger partial charge in [-0.3, -0.25) is 0 Å². The van der Waals surface area contributed by atoms with E-state index >= 15 is 0 Å². The second-order valence-electron chi connectivity index (χ2n) is 4.79. The quantitative estimate of drug-likeness (QED) is 0.535. The fraction of sp³-hybridized carbons (Fsp3) is 0.727. The van der Waals surface area contributed by atoms with Crippen molar-refractivity contribution in [1.29, 1.82) is 0 Å². The van der Waals surface area contributed by atoms with E-state index in [4.69, 9.17) is 4.74 Å². The first kappa shape index (κ1) is 8.79. The minimum Gasteiger partial charge on any atom is -0.458 e. The molecule has 0 saturated heterocycles. The molecule has 0 amide bonds. The van der Waals surface area contributed by atoms with Crippen LogP contribution in [-0.2, 0) is 9.53 Å². The number of hydrogen-bond acceptors (Lipinski definition) is 2. The van der Waals surface area contributed by atoms with Gasteiger partial charge in [-0.25, -0.2) is 4.79 Å². The van der Waals surface area contributed by atoms with Gasteiger partial charge in [0, 0.05) is 5.57 Å². The third kappa shape index (κ3) is 1.19. The van der Waals surface area contributed by atoms with Gasteiger partial charge in [0.05, 0.1) is 0 Å². The highest BCUT2D eigenvalue weighted by Crippen LogP contribution is 2.45. The number of ether oxygens (including phenoxy) is 1. The fourth-order valence-corrected chi connectivity index (χ4v) is 2.23. The average Bonchev–Trinajstić information content (AvgIpc) is 2.41. The van der Waals surface area contributed by atoms with Gasteiger partial charge in [-0.05, 0) is 29.7 Å². The Hall–Kier alpha value is -0.790. The maximum atomic E-state index is 11.3. The summed E-state index contributed by atoms with van der Waals surface area (Å²) in [5.74, 6) is 0.417. The summed E-state index contributed by atoms with van der Waals surface area (Å²) in [6, 6.07) is 0. The van der Waals surface area contributed by atoms with Crippen LogP contribution in [0.25, 0.3) is 0 Å². The van der Waals surface area contributed by atoms with Gasteiger partial charge in [-0.2, -0.15) is 0 Å². The Morgan fingerprint density at radius 3 is 2.85 bits per heavy atom. The molecule has 1 aliphatic carbocycles. The van der Waals surface area contributed by atoms with Crippen molar-refractivity contribution in [2.24, 2.45) is 11.3 Å². The van der Waals surface area contributed by atoms with Crippen molar-refractivity contribution in [3.63, 3.8) is 0 Å². The molecular weight excluding hydrogens is 164 g/mol. The Kier molecular flexibility index (Phi) is 1.76. The Bertz CT molecular complexity index is 286. The number of carbonyl (C=O) groups excluding carboxylic acids is 1. The van der Waals surface area contributed by atoms with Gasteiger partial charge in [0.15, 0.2) is 0 Å². The first-order valence-corrected chi connectivity index (χ1v) is 4.91. The van der Waals surface area contributed by atoms with Crippen LogP contribution in [0, 0.1) is 11.3 Å². The summed E-state index contributed by atoms with van der Waals surface area (Å²) in [4.78, 5) is 11.3. The SMILES string of the molecule is CC1C2=C(CCC1(C)C)C(=O)OC2. The fourth-order valence-electron chi connectivity index (χ4n) is 2.23. The zero-order chi connectivity index (χ0) is 9.64. The standard InChI is InChI=1S/C11H16O2/c1-7-9-6-13-10(12)8(9)4-5-11(7,2)3/h7H,4-6H2,1-3H3. The molecule has 1 atom stereocenters. The van der Waals surface area contributed by atoms with Crippen molar-refractivity contribution in [2.45, 2.75) is 33.6 Å². The summed E-state index contributed by atoms with van der Waals surface area (Å²) in [7, 11) is 0. The minimum absolute atomic E-state index is 0.0719. The van der Waals surface area contributed by atoms with Crippen LogP contribution < -0.4 is 0 Å². The summed E-state index contributed by atoms with van der Waals surface area (Å²) >= 11 is 0. The first-order valence-electron chi connectivity index (χ1n) is 4.91. The van der Waals surface area contributed by atoms with Crippen LogP contribution in [0.3, 0.4) is 0 Å². The molecule has 0 N–H and O–H groups in total. The molecule has 13 heavy (non-hydrogen) atoms. The molecular formula is C11H16O2. The lowest BCUT2D eigenvalue weighted by atomic mass is 9.67. The lowest BCUT2D eigenvalue weighted by Gasteiger charge is -2.36. The summed E-state index contributed by atoms with van der Waals surface area (Å²) in [5.41, 5.74) is 2.54. The van der Waals surface area contributed by atoms with Crippen LogP contribution in [0.5, 0.6) is 0 Å². The molecule has 2 aliphatic rings. The van der Waals surface area contributed by atoms with Crippen LogP contribution in [0.1, 0.15) is 33.6 Å². The van der Waals surface area contributed by atoms with E-state index < -0.39 is 0 Å². The van der Waals surface area contributed by atoms with Crippen molar-refractivity contribution in [2.75, 3.05) is 6.61 Å². The highest BCUT2D eigenvalue weighted by Gasteiger charge is 2.39. The number of cyclic esters (lactones) is 1. The van der Waals surface area contributed by atoms with Crippen molar-refractivity contribution >= 4 is 5.97 Å². The molecule has 0 bridgehead atoms. The molecule has 72 valence electrons. The van der Waals surface area contributed by atoms with Crippen molar-refractivity contribution in [1.82, 2.24) is 0 Å². The predicted molar refractivity (Wildman–Crippen MR) is 50.2 cm³/mol. The molecule has 0 spiro atoms. The van der Waals surface area contributed by atoms with E-state index in [2.05, 4.69) is 20.8 Å². The number of rotatable bonds is 0. The molecule has 2 heteroatoms. The normalized spacial score (nSPS) is 31.6. The Labute approximate surface area is 79.0 Å². The van der Waals surface area contributed by atoms with E-state index in [1.165, 1.54) is 5.57 Å².